The fourth-order valence-electron chi connectivity index (χ4n) is 2.13. The highest BCUT2D eigenvalue weighted by molar-refractivity contribution is 5.89. The highest BCUT2D eigenvalue weighted by atomic mass is 16.5. The SMILES string of the molecule is C=C(CCCOC(=O)c1ccccc1)C1=CCCC=C1. The fraction of sp³-hybridized carbons (Fsp3) is 0.278. The molecule has 0 radical (unpaired) electrons. The van der Waals surface area contributed by atoms with Gasteiger partial charge in [-0.15, -0.1) is 0 Å². The van der Waals surface area contributed by atoms with Crippen LogP contribution in [0.1, 0.15) is 36.0 Å². The Bertz CT molecular complexity index is 524. The molecule has 0 unspecified atom stereocenters. The van der Waals surface area contributed by atoms with Gasteiger partial charge in [0, 0.05) is 0 Å². The Morgan fingerprint density at radius 1 is 1.20 bits per heavy atom. The van der Waals surface area contributed by atoms with E-state index in [-0.39, 0.29) is 5.97 Å². The lowest BCUT2D eigenvalue weighted by atomic mass is 9.98. The van der Waals surface area contributed by atoms with Crippen molar-refractivity contribution in [1.82, 2.24) is 0 Å². The van der Waals surface area contributed by atoms with Gasteiger partial charge in [0.2, 0.25) is 0 Å². The molecule has 1 aromatic rings. The molecular formula is C18H20O2. The highest BCUT2D eigenvalue weighted by Crippen LogP contribution is 2.20. The van der Waals surface area contributed by atoms with Crippen molar-refractivity contribution in [2.24, 2.45) is 0 Å². The maximum absolute atomic E-state index is 11.7. The van der Waals surface area contributed by atoms with E-state index in [1.165, 1.54) is 5.57 Å². The molecule has 0 saturated carbocycles. The molecule has 0 aliphatic heterocycles. The number of allylic oxidation sites excluding steroid dienone is 5. The summed E-state index contributed by atoms with van der Waals surface area (Å²) >= 11 is 0. The Balaban J connectivity index is 1.69. The predicted octanol–water partition coefficient (Wildman–Crippen LogP) is 4.46. The van der Waals surface area contributed by atoms with E-state index in [0.717, 1.165) is 31.3 Å². The van der Waals surface area contributed by atoms with E-state index in [0.29, 0.717) is 12.2 Å². The van der Waals surface area contributed by atoms with Gasteiger partial charge in [-0.05, 0) is 49.0 Å². The van der Waals surface area contributed by atoms with E-state index in [4.69, 9.17) is 4.74 Å². The van der Waals surface area contributed by atoms with E-state index in [2.05, 4.69) is 24.8 Å². The third-order valence-electron chi connectivity index (χ3n) is 3.27. The van der Waals surface area contributed by atoms with Crippen LogP contribution in [0.4, 0.5) is 0 Å². The van der Waals surface area contributed by atoms with Crippen LogP contribution in [0.3, 0.4) is 0 Å². The van der Waals surface area contributed by atoms with Crippen LogP contribution < -0.4 is 0 Å². The van der Waals surface area contributed by atoms with Crippen molar-refractivity contribution in [3.05, 3.63) is 71.8 Å². The Morgan fingerprint density at radius 2 is 2.00 bits per heavy atom. The van der Waals surface area contributed by atoms with Gasteiger partial charge in [-0.25, -0.2) is 4.79 Å². The summed E-state index contributed by atoms with van der Waals surface area (Å²) in [6.07, 6.45) is 10.4. The monoisotopic (exact) mass is 268 g/mol. The fourth-order valence-corrected chi connectivity index (χ4v) is 2.13. The van der Waals surface area contributed by atoms with E-state index < -0.39 is 0 Å². The lowest BCUT2D eigenvalue weighted by molar-refractivity contribution is 0.0501. The second-order valence-corrected chi connectivity index (χ2v) is 4.85. The smallest absolute Gasteiger partial charge is 0.338 e. The average Bonchev–Trinajstić information content (AvgIpc) is 2.53. The first-order valence-corrected chi connectivity index (χ1v) is 7.04. The molecule has 2 nitrogen and oxygen atoms in total. The molecule has 0 bridgehead atoms. The molecule has 0 amide bonds. The molecule has 0 atom stereocenters. The van der Waals surface area contributed by atoms with Gasteiger partial charge in [-0.2, -0.15) is 0 Å². The Morgan fingerprint density at radius 3 is 2.70 bits per heavy atom. The minimum Gasteiger partial charge on any atom is -0.462 e. The lowest BCUT2D eigenvalue weighted by Gasteiger charge is -2.10. The van der Waals surface area contributed by atoms with E-state index in [1.807, 2.05) is 18.2 Å². The van der Waals surface area contributed by atoms with Crippen molar-refractivity contribution in [2.75, 3.05) is 6.61 Å². The summed E-state index contributed by atoms with van der Waals surface area (Å²) in [7, 11) is 0. The minimum atomic E-state index is -0.256. The summed E-state index contributed by atoms with van der Waals surface area (Å²) < 4.78 is 5.25. The van der Waals surface area contributed by atoms with Crippen LogP contribution in [0.25, 0.3) is 0 Å². The number of benzene rings is 1. The first-order valence-electron chi connectivity index (χ1n) is 7.04. The Kier molecular flexibility index (Phi) is 5.36. The van der Waals surface area contributed by atoms with Gasteiger partial charge in [-0.3, -0.25) is 0 Å². The first-order chi connectivity index (χ1) is 9.77. The average molecular weight is 268 g/mol. The quantitative estimate of drug-likeness (QED) is 0.562. The van der Waals surface area contributed by atoms with Crippen molar-refractivity contribution in [1.29, 1.82) is 0 Å². The summed E-state index contributed by atoms with van der Waals surface area (Å²) in [5.74, 6) is -0.256. The van der Waals surface area contributed by atoms with Crippen molar-refractivity contribution < 1.29 is 9.53 Å². The van der Waals surface area contributed by atoms with Gasteiger partial charge in [0.15, 0.2) is 0 Å². The molecule has 0 spiro atoms. The maximum Gasteiger partial charge on any atom is 0.338 e. The molecule has 0 saturated heterocycles. The van der Waals surface area contributed by atoms with Gasteiger partial charge in [0.05, 0.1) is 12.2 Å². The van der Waals surface area contributed by atoms with Crippen molar-refractivity contribution in [3.8, 4) is 0 Å². The Labute approximate surface area is 120 Å². The molecule has 0 heterocycles. The van der Waals surface area contributed by atoms with E-state index >= 15 is 0 Å². The first kappa shape index (κ1) is 14.3. The van der Waals surface area contributed by atoms with Crippen LogP contribution in [0.2, 0.25) is 0 Å². The topological polar surface area (TPSA) is 26.3 Å². The standard InChI is InChI=1S/C18H20O2/c1-15(16-10-4-2-5-11-16)9-8-14-20-18(19)17-12-6-3-7-13-17/h3-4,6-7,10-13H,1-2,5,8-9,14H2. The summed E-state index contributed by atoms with van der Waals surface area (Å²) in [5, 5.41) is 0. The molecule has 2 heteroatoms. The van der Waals surface area contributed by atoms with E-state index in [9.17, 15) is 4.79 Å². The van der Waals surface area contributed by atoms with Gasteiger partial charge in [-0.1, -0.05) is 43.0 Å². The Hall–Kier alpha value is -2.09. The maximum atomic E-state index is 11.7. The number of rotatable bonds is 6. The molecule has 0 fully saturated rings. The van der Waals surface area contributed by atoms with E-state index in [1.54, 1.807) is 12.1 Å². The van der Waals surface area contributed by atoms with Gasteiger partial charge in [0.25, 0.3) is 0 Å². The van der Waals surface area contributed by atoms with Gasteiger partial charge >= 0.3 is 5.97 Å². The minimum absolute atomic E-state index is 0.256. The summed E-state index contributed by atoms with van der Waals surface area (Å²) in [6, 6.07) is 9.07. The third-order valence-corrected chi connectivity index (χ3v) is 3.27. The molecule has 1 aromatic carbocycles. The number of carbonyl (C=O) groups excluding carboxylic acids is 1. The number of carbonyl (C=O) groups is 1. The molecule has 104 valence electrons. The normalized spacial score (nSPS) is 13.7. The molecule has 1 aliphatic carbocycles. The van der Waals surface area contributed by atoms with Crippen LogP contribution >= 0.6 is 0 Å². The van der Waals surface area contributed by atoms with Crippen LogP contribution in [0.5, 0.6) is 0 Å². The summed E-state index contributed by atoms with van der Waals surface area (Å²) in [5.41, 5.74) is 2.95. The molecule has 20 heavy (non-hydrogen) atoms. The zero-order chi connectivity index (χ0) is 14.2. The second-order valence-electron chi connectivity index (χ2n) is 4.85. The van der Waals surface area contributed by atoms with Crippen molar-refractivity contribution in [2.45, 2.75) is 25.7 Å². The largest absolute Gasteiger partial charge is 0.462 e. The van der Waals surface area contributed by atoms with Crippen molar-refractivity contribution >= 4 is 5.97 Å². The molecular weight excluding hydrogens is 248 g/mol. The highest BCUT2D eigenvalue weighted by Gasteiger charge is 2.06. The molecule has 0 aromatic heterocycles. The summed E-state index contributed by atoms with van der Waals surface area (Å²) in [6.45, 7) is 4.53. The zero-order valence-electron chi connectivity index (χ0n) is 11.7. The van der Waals surface area contributed by atoms with Crippen molar-refractivity contribution in [3.63, 3.8) is 0 Å². The predicted molar refractivity (Wildman–Crippen MR) is 81.6 cm³/mol. The van der Waals surface area contributed by atoms with Crippen LogP contribution in [-0.4, -0.2) is 12.6 Å². The number of esters is 1. The van der Waals surface area contributed by atoms with Crippen LogP contribution in [0, 0.1) is 0 Å². The lowest BCUT2D eigenvalue weighted by Crippen LogP contribution is -2.06. The zero-order valence-corrected chi connectivity index (χ0v) is 11.7. The molecule has 1 aliphatic rings. The van der Waals surface area contributed by atoms with Gasteiger partial charge < -0.3 is 4.74 Å². The van der Waals surface area contributed by atoms with Gasteiger partial charge in [0.1, 0.15) is 0 Å². The third kappa shape index (κ3) is 4.23. The van der Waals surface area contributed by atoms with Crippen LogP contribution in [0.15, 0.2) is 66.3 Å². The molecule has 2 rings (SSSR count). The summed E-state index contributed by atoms with van der Waals surface area (Å²) in [4.78, 5) is 11.7. The molecule has 0 N–H and O–H groups in total. The second kappa shape index (κ2) is 7.49. The number of ether oxygens (including phenoxy) is 1. The number of hydrogen-bond acceptors (Lipinski definition) is 2. The van der Waals surface area contributed by atoms with Crippen LogP contribution in [-0.2, 0) is 4.74 Å². The number of hydrogen-bond donors (Lipinski definition) is 0.